The Morgan fingerprint density at radius 2 is 2.29 bits per heavy atom. The molecule has 1 unspecified atom stereocenters. The molecular weight excluding hydrogens is 238 g/mol. The number of thiophene rings is 1. The lowest BCUT2D eigenvalue weighted by molar-refractivity contribution is -0.137. The molecule has 4 nitrogen and oxygen atoms in total. The van der Waals surface area contributed by atoms with Crippen molar-refractivity contribution in [2.45, 2.75) is 39.2 Å². The number of carbonyl (C=O) groups is 2. The minimum atomic E-state index is -0.832. The van der Waals surface area contributed by atoms with E-state index >= 15 is 0 Å². The fourth-order valence-electron chi connectivity index (χ4n) is 1.79. The fourth-order valence-corrected chi connectivity index (χ4v) is 2.75. The number of carbonyl (C=O) groups excluding carboxylic acids is 1. The molecule has 0 aliphatic heterocycles. The van der Waals surface area contributed by atoms with Crippen molar-refractivity contribution in [2.75, 3.05) is 0 Å². The van der Waals surface area contributed by atoms with Crippen LogP contribution < -0.4 is 5.32 Å². The molecule has 94 valence electrons. The van der Waals surface area contributed by atoms with E-state index < -0.39 is 5.97 Å². The lowest BCUT2D eigenvalue weighted by Gasteiger charge is -2.14. The highest BCUT2D eigenvalue weighted by Crippen LogP contribution is 2.22. The molecular formula is C12H17NO3S. The number of aliphatic carboxylic acids is 1. The van der Waals surface area contributed by atoms with Crippen molar-refractivity contribution in [3.8, 4) is 0 Å². The summed E-state index contributed by atoms with van der Waals surface area (Å²) in [5.41, 5.74) is 1.19. The van der Waals surface area contributed by atoms with Gasteiger partial charge in [0, 0.05) is 22.2 Å². The van der Waals surface area contributed by atoms with E-state index in [9.17, 15) is 9.59 Å². The maximum Gasteiger partial charge on any atom is 0.303 e. The maximum absolute atomic E-state index is 10.5. The van der Waals surface area contributed by atoms with E-state index in [4.69, 9.17) is 5.11 Å². The summed E-state index contributed by atoms with van der Waals surface area (Å²) in [5, 5.41) is 11.3. The van der Waals surface area contributed by atoms with Crippen LogP contribution in [0.5, 0.6) is 0 Å². The fraction of sp³-hybridized carbons (Fsp3) is 0.500. The van der Waals surface area contributed by atoms with Gasteiger partial charge in [0.2, 0.25) is 6.41 Å². The number of nitrogens with one attached hydrogen (secondary N) is 1. The van der Waals surface area contributed by atoms with Crippen LogP contribution in [0.1, 0.15) is 28.2 Å². The molecule has 0 spiro atoms. The Labute approximate surface area is 105 Å². The van der Waals surface area contributed by atoms with Crippen LogP contribution in [0.25, 0.3) is 0 Å². The minimum absolute atomic E-state index is 0.0771. The smallest absolute Gasteiger partial charge is 0.303 e. The predicted molar refractivity (Wildman–Crippen MR) is 67.4 cm³/mol. The van der Waals surface area contributed by atoms with Crippen molar-refractivity contribution in [3.63, 3.8) is 0 Å². The summed E-state index contributed by atoms with van der Waals surface area (Å²) in [7, 11) is 0. The van der Waals surface area contributed by atoms with Crippen LogP contribution in [0, 0.1) is 13.8 Å². The molecule has 0 aromatic carbocycles. The molecule has 0 fully saturated rings. The largest absolute Gasteiger partial charge is 0.481 e. The van der Waals surface area contributed by atoms with Gasteiger partial charge in [0.15, 0.2) is 0 Å². The number of carboxylic acids is 1. The SMILES string of the molecule is Cc1cc(CC(CCC(=O)O)NC=O)c(C)s1. The Hall–Kier alpha value is -1.36. The molecule has 1 aromatic rings. The van der Waals surface area contributed by atoms with Gasteiger partial charge in [-0.3, -0.25) is 9.59 Å². The van der Waals surface area contributed by atoms with E-state index in [1.807, 2.05) is 13.8 Å². The average molecular weight is 255 g/mol. The zero-order valence-corrected chi connectivity index (χ0v) is 10.8. The molecule has 0 saturated carbocycles. The van der Waals surface area contributed by atoms with E-state index in [-0.39, 0.29) is 12.5 Å². The Bertz CT molecular complexity index is 400. The Balaban J connectivity index is 2.62. The second kappa shape index (κ2) is 6.39. The first-order valence-electron chi connectivity index (χ1n) is 5.50. The minimum Gasteiger partial charge on any atom is -0.481 e. The van der Waals surface area contributed by atoms with Crippen LogP contribution in [0.3, 0.4) is 0 Å². The van der Waals surface area contributed by atoms with Crippen LogP contribution in [0.15, 0.2) is 6.07 Å². The third-order valence-corrected chi connectivity index (χ3v) is 3.63. The molecule has 0 saturated heterocycles. The monoisotopic (exact) mass is 255 g/mol. The van der Waals surface area contributed by atoms with E-state index in [1.165, 1.54) is 15.3 Å². The first kappa shape index (κ1) is 13.7. The van der Waals surface area contributed by atoms with Gasteiger partial charge < -0.3 is 10.4 Å². The highest BCUT2D eigenvalue weighted by Gasteiger charge is 2.13. The second-order valence-electron chi connectivity index (χ2n) is 4.06. The first-order chi connectivity index (χ1) is 8.02. The average Bonchev–Trinajstić information content (AvgIpc) is 2.54. The van der Waals surface area contributed by atoms with Gasteiger partial charge in [-0.05, 0) is 38.3 Å². The summed E-state index contributed by atoms with van der Waals surface area (Å²) >= 11 is 1.72. The van der Waals surface area contributed by atoms with Crippen LogP contribution in [-0.2, 0) is 16.0 Å². The molecule has 1 heterocycles. The summed E-state index contributed by atoms with van der Waals surface area (Å²) in [5.74, 6) is -0.832. The molecule has 0 radical (unpaired) electrons. The molecule has 17 heavy (non-hydrogen) atoms. The maximum atomic E-state index is 10.5. The van der Waals surface area contributed by atoms with Gasteiger partial charge in [0.25, 0.3) is 0 Å². The van der Waals surface area contributed by atoms with Crippen molar-refractivity contribution in [1.29, 1.82) is 0 Å². The molecule has 1 rings (SSSR count). The molecule has 0 aliphatic carbocycles. The van der Waals surface area contributed by atoms with Gasteiger partial charge in [-0.15, -0.1) is 11.3 Å². The van der Waals surface area contributed by atoms with Crippen LogP contribution in [-0.4, -0.2) is 23.5 Å². The number of hydrogen-bond donors (Lipinski definition) is 2. The second-order valence-corrected chi connectivity index (χ2v) is 5.52. The summed E-state index contributed by atoms with van der Waals surface area (Å²) in [6, 6.07) is 2.00. The van der Waals surface area contributed by atoms with Crippen molar-refractivity contribution in [3.05, 3.63) is 21.4 Å². The zero-order valence-electron chi connectivity index (χ0n) is 10.0. The highest BCUT2D eigenvalue weighted by atomic mass is 32.1. The predicted octanol–water partition coefficient (Wildman–Crippen LogP) is 1.89. The highest BCUT2D eigenvalue weighted by molar-refractivity contribution is 7.12. The number of hydrogen-bond acceptors (Lipinski definition) is 3. The van der Waals surface area contributed by atoms with Gasteiger partial charge in [-0.1, -0.05) is 0 Å². The van der Waals surface area contributed by atoms with E-state index in [0.717, 1.165) is 0 Å². The van der Waals surface area contributed by atoms with Gasteiger partial charge in [-0.25, -0.2) is 0 Å². The van der Waals surface area contributed by atoms with Crippen molar-refractivity contribution in [2.24, 2.45) is 0 Å². The Kier molecular flexibility index (Phi) is 5.15. The molecule has 5 heteroatoms. The van der Waals surface area contributed by atoms with Crippen molar-refractivity contribution >= 4 is 23.7 Å². The summed E-state index contributed by atoms with van der Waals surface area (Å²) < 4.78 is 0. The normalized spacial score (nSPS) is 12.1. The third kappa shape index (κ3) is 4.56. The first-order valence-corrected chi connectivity index (χ1v) is 6.32. The molecule has 1 aromatic heterocycles. The lowest BCUT2D eigenvalue weighted by atomic mass is 10.0. The number of amides is 1. The summed E-state index contributed by atoms with van der Waals surface area (Å²) in [6.07, 6.45) is 1.87. The van der Waals surface area contributed by atoms with Crippen LogP contribution in [0.4, 0.5) is 0 Å². The summed E-state index contributed by atoms with van der Waals surface area (Å²) in [6.45, 7) is 4.09. The van der Waals surface area contributed by atoms with E-state index in [1.54, 1.807) is 11.3 Å². The Morgan fingerprint density at radius 3 is 2.76 bits per heavy atom. The van der Waals surface area contributed by atoms with Crippen LogP contribution in [0.2, 0.25) is 0 Å². The molecule has 0 aliphatic rings. The van der Waals surface area contributed by atoms with Crippen molar-refractivity contribution < 1.29 is 14.7 Å². The van der Waals surface area contributed by atoms with Gasteiger partial charge >= 0.3 is 5.97 Å². The number of carboxylic acid groups (broad SMARTS) is 1. The van der Waals surface area contributed by atoms with Crippen molar-refractivity contribution in [1.82, 2.24) is 5.32 Å². The van der Waals surface area contributed by atoms with E-state index in [0.29, 0.717) is 19.3 Å². The number of rotatable bonds is 7. The zero-order chi connectivity index (χ0) is 12.8. The molecule has 2 N–H and O–H groups in total. The topological polar surface area (TPSA) is 66.4 Å². The third-order valence-electron chi connectivity index (χ3n) is 2.62. The Morgan fingerprint density at radius 1 is 1.59 bits per heavy atom. The summed E-state index contributed by atoms with van der Waals surface area (Å²) in [4.78, 5) is 23.5. The number of aryl methyl sites for hydroxylation is 2. The standard InChI is InChI=1S/C12H17NO3S/c1-8-5-10(9(2)17-8)6-11(13-7-14)3-4-12(15)16/h5,7,11H,3-4,6H2,1-2H3,(H,13,14)(H,15,16). The molecule has 1 amide bonds. The van der Waals surface area contributed by atoms with E-state index in [2.05, 4.69) is 11.4 Å². The molecule has 0 bridgehead atoms. The lowest BCUT2D eigenvalue weighted by Crippen LogP contribution is -2.30. The van der Waals surface area contributed by atoms with Gasteiger partial charge in [0.1, 0.15) is 0 Å². The quantitative estimate of drug-likeness (QED) is 0.731. The van der Waals surface area contributed by atoms with Gasteiger partial charge in [0.05, 0.1) is 0 Å². The molecule has 1 atom stereocenters. The van der Waals surface area contributed by atoms with Gasteiger partial charge in [-0.2, -0.15) is 0 Å². The van der Waals surface area contributed by atoms with Crippen LogP contribution >= 0.6 is 11.3 Å².